The highest BCUT2D eigenvalue weighted by Gasteiger charge is 2.11. The molecule has 0 bridgehead atoms. The van der Waals surface area contributed by atoms with E-state index in [-0.39, 0.29) is 0 Å². The molecule has 2 heterocycles. The van der Waals surface area contributed by atoms with Crippen molar-refractivity contribution in [3.05, 3.63) is 66.5 Å². The van der Waals surface area contributed by atoms with Gasteiger partial charge >= 0.3 is 0 Å². The Labute approximate surface area is 167 Å². The van der Waals surface area contributed by atoms with E-state index in [9.17, 15) is 0 Å². The summed E-state index contributed by atoms with van der Waals surface area (Å²) in [6.45, 7) is 0.486. The van der Waals surface area contributed by atoms with E-state index in [4.69, 9.17) is 9.47 Å². The number of nitrogens with one attached hydrogen (secondary N) is 2. The van der Waals surface area contributed by atoms with Crippen LogP contribution in [0.4, 0.5) is 5.95 Å². The maximum Gasteiger partial charge on any atom is 0.243 e. The SMILES string of the molecule is COc1ccc(OC)c(-c2cnnc(NCc3cc(-c4ccccc4)n[nH]3)n2)c1. The smallest absolute Gasteiger partial charge is 0.243 e. The molecule has 0 unspecified atom stereocenters. The summed E-state index contributed by atoms with van der Waals surface area (Å²) in [7, 11) is 3.23. The van der Waals surface area contributed by atoms with Crippen LogP contribution >= 0.6 is 0 Å². The van der Waals surface area contributed by atoms with Crippen molar-refractivity contribution in [3.8, 4) is 34.0 Å². The van der Waals surface area contributed by atoms with Crippen LogP contribution in [0.1, 0.15) is 5.69 Å². The van der Waals surface area contributed by atoms with Crippen molar-refractivity contribution < 1.29 is 9.47 Å². The van der Waals surface area contributed by atoms with Crippen LogP contribution in [0, 0.1) is 0 Å². The Morgan fingerprint density at radius 1 is 0.966 bits per heavy atom. The van der Waals surface area contributed by atoms with E-state index in [0.717, 1.165) is 22.5 Å². The number of anilines is 1. The van der Waals surface area contributed by atoms with Gasteiger partial charge in [0, 0.05) is 11.1 Å². The Bertz CT molecular complexity index is 1100. The third-order valence-corrected chi connectivity index (χ3v) is 4.38. The molecule has 2 aromatic heterocycles. The van der Waals surface area contributed by atoms with Gasteiger partial charge in [-0.05, 0) is 24.3 Å². The average molecular weight is 388 g/mol. The lowest BCUT2D eigenvalue weighted by atomic mass is 10.1. The molecular formula is C21H20N6O2. The van der Waals surface area contributed by atoms with Gasteiger partial charge in [-0.25, -0.2) is 4.98 Å². The van der Waals surface area contributed by atoms with Gasteiger partial charge in [0.1, 0.15) is 11.5 Å². The predicted octanol–water partition coefficient (Wildman–Crippen LogP) is 3.56. The Hall–Kier alpha value is -3.94. The second-order valence-corrected chi connectivity index (χ2v) is 6.23. The summed E-state index contributed by atoms with van der Waals surface area (Å²) in [5, 5.41) is 18.7. The number of rotatable bonds is 7. The van der Waals surface area contributed by atoms with Gasteiger partial charge < -0.3 is 14.8 Å². The van der Waals surface area contributed by atoms with E-state index in [0.29, 0.717) is 29.7 Å². The van der Waals surface area contributed by atoms with Crippen LogP contribution in [-0.2, 0) is 6.54 Å². The van der Waals surface area contributed by atoms with E-state index in [1.54, 1.807) is 20.4 Å². The van der Waals surface area contributed by atoms with Crippen LogP contribution in [-0.4, -0.2) is 39.6 Å². The van der Waals surface area contributed by atoms with Crippen molar-refractivity contribution in [1.82, 2.24) is 25.4 Å². The molecule has 0 aliphatic heterocycles. The summed E-state index contributed by atoms with van der Waals surface area (Å²) in [4.78, 5) is 4.55. The van der Waals surface area contributed by atoms with Gasteiger partial charge in [0.2, 0.25) is 5.95 Å². The highest BCUT2D eigenvalue weighted by molar-refractivity contribution is 5.69. The van der Waals surface area contributed by atoms with Gasteiger partial charge in [0.05, 0.1) is 44.0 Å². The van der Waals surface area contributed by atoms with Crippen molar-refractivity contribution in [2.45, 2.75) is 6.54 Å². The fourth-order valence-electron chi connectivity index (χ4n) is 2.91. The lowest BCUT2D eigenvalue weighted by Gasteiger charge is -2.10. The molecule has 0 saturated heterocycles. The Balaban J connectivity index is 1.51. The first-order chi connectivity index (χ1) is 14.3. The standard InChI is InChI=1S/C21H20N6O2/c1-28-16-8-9-20(29-2)17(11-16)19-13-23-27-21(24-19)22-12-15-10-18(26-25-15)14-6-4-3-5-7-14/h3-11,13H,12H2,1-2H3,(H,25,26)(H,22,24,27). The van der Waals surface area contributed by atoms with Gasteiger partial charge in [-0.15, -0.1) is 5.10 Å². The lowest BCUT2D eigenvalue weighted by Crippen LogP contribution is -2.06. The molecule has 2 aromatic carbocycles. The molecular weight excluding hydrogens is 368 g/mol. The van der Waals surface area contributed by atoms with Crippen LogP contribution in [0.2, 0.25) is 0 Å². The highest BCUT2D eigenvalue weighted by Crippen LogP contribution is 2.32. The number of methoxy groups -OCH3 is 2. The van der Waals surface area contributed by atoms with Crippen molar-refractivity contribution >= 4 is 5.95 Å². The zero-order valence-electron chi connectivity index (χ0n) is 16.1. The van der Waals surface area contributed by atoms with Gasteiger partial charge in [-0.3, -0.25) is 5.10 Å². The first-order valence-corrected chi connectivity index (χ1v) is 9.02. The molecule has 8 heteroatoms. The lowest BCUT2D eigenvalue weighted by molar-refractivity contribution is 0.404. The van der Waals surface area contributed by atoms with Crippen LogP contribution in [0.3, 0.4) is 0 Å². The van der Waals surface area contributed by atoms with Crippen LogP contribution in [0.5, 0.6) is 11.5 Å². The summed E-state index contributed by atoms with van der Waals surface area (Å²) in [6, 6.07) is 17.5. The quantitative estimate of drug-likeness (QED) is 0.499. The summed E-state index contributed by atoms with van der Waals surface area (Å²) < 4.78 is 10.7. The minimum Gasteiger partial charge on any atom is -0.497 e. The number of H-pyrrole nitrogens is 1. The minimum atomic E-state index is 0.406. The molecule has 0 spiro atoms. The fraction of sp³-hybridized carbons (Fsp3) is 0.143. The van der Waals surface area contributed by atoms with E-state index in [1.807, 2.05) is 54.6 Å². The molecule has 0 aliphatic rings. The Kier molecular flexibility index (Phi) is 5.33. The Morgan fingerprint density at radius 2 is 1.83 bits per heavy atom. The first-order valence-electron chi connectivity index (χ1n) is 9.02. The van der Waals surface area contributed by atoms with Crippen LogP contribution < -0.4 is 14.8 Å². The minimum absolute atomic E-state index is 0.406. The van der Waals surface area contributed by atoms with Crippen LogP contribution in [0.25, 0.3) is 22.5 Å². The monoisotopic (exact) mass is 388 g/mol. The van der Waals surface area contributed by atoms with Crippen molar-refractivity contribution in [2.75, 3.05) is 19.5 Å². The fourth-order valence-corrected chi connectivity index (χ4v) is 2.91. The van der Waals surface area contributed by atoms with Crippen molar-refractivity contribution in [2.24, 2.45) is 0 Å². The molecule has 0 aliphatic carbocycles. The normalized spacial score (nSPS) is 10.6. The van der Waals surface area contributed by atoms with E-state index in [1.165, 1.54) is 0 Å². The maximum atomic E-state index is 5.44. The van der Waals surface area contributed by atoms with Crippen LogP contribution in [0.15, 0.2) is 60.8 Å². The number of benzene rings is 2. The largest absolute Gasteiger partial charge is 0.497 e. The molecule has 0 amide bonds. The number of aromatic nitrogens is 5. The predicted molar refractivity (Wildman–Crippen MR) is 110 cm³/mol. The molecule has 0 saturated carbocycles. The summed E-state index contributed by atoms with van der Waals surface area (Å²) in [5.41, 5.74) is 4.26. The number of hydrogen-bond acceptors (Lipinski definition) is 7. The first kappa shape index (κ1) is 18.4. The summed E-state index contributed by atoms with van der Waals surface area (Å²) in [6.07, 6.45) is 1.59. The van der Waals surface area contributed by atoms with E-state index < -0.39 is 0 Å². The zero-order valence-corrected chi connectivity index (χ0v) is 16.1. The van der Waals surface area contributed by atoms with Gasteiger partial charge in [0.15, 0.2) is 0 Å². The number of hydrogen-bond donors (Lipinski definition) is 2. The molecule has 4 aromatic rings. The summed E-state index contributed by atoms with van der Waals surface area (Å²) in [5.74, 6) is 1.79. The second-order valence-electron chi connectivity index (χ2n) is 6.23. The van der Waals surface area contributed by atoms with E-state index in [2.05, 4.69) is 30.7 Å². The Morgan fingerprint density at radius 3 is 2.62 bits per heavy atom. The molecule has 4 rings (SSSR count). The molecule has 0 atom stereocenters. The molecule has 29 heavy (non-hydrogen) atoms. The molecule has 0 radical (unpaired) electrons. The topological polar surface area (TPSA) is 97.8 Å². The molecule has 0 fully saturated rings. The molecule has 146 valence electrons. The third-order valence-electron chi connectivity index (χ3n) is 4.38. The van der Waals surface area contributed by atoms with Crippen molar-refractivity contribution in [3.63, 3.8) is 0 Å². The maximum absolute atomic E-state index is 5.44. The molecule has 2 N–H and O–H groups in total. The highest BCUT2D eigenvalue weighted by atomic mass is 16.5. The average Bonchev–Trinajstić information content (AvgIpc) is 3.27. The van der Waals surface area contributed by atoms with Gasteiger partial charge in [0.25, 0.3) is 0 Å². The number of ether oxygens (including phenoxy) is 2. The van der Waals surface area contributed by atoms with Gasteiger partial charge in [-0.2, -0.15) is 10.2 Å². The van der Waals surface area contributed by atoms with E-state index >= 15 is 0 Å². The third kappa shape index (κ3) is 4.16. The second kappa shape index (κ2) is 8.39. The van der Waals surface area contributed by atoms with Crippen molar-refractivity contribution in [1.29, 1.82) is 0 Å². The summed E-state index contributed by atoms with van der Waals surface area (Å²) >= 11 is 0. The van der Waals surface area contributed by atoms with Gasteiger partial charge in [-0.1, -0.05) is 30.3 Å². The zero-order chi connectivity index (χ0) is 20.1. The number of nitrogens with zero attached hydrogens (tertiary/aromatic N) is 4. The molecule has 8 nitrogen and oxygen atoms in total. The number of aromatic amines is 1.